The van der Waals surface area contributed by atoms with E-state index in [0.29, 0.717) is 150 Å². The molecule has 376 valence electrons. The number of hydrogen-bond acceptors (Lipinski definition) is 18. The number of ether oxygens (including phenoxy) is 10. The molecule has 0 bridgehead atoms. The highest BCUT2D eigenvalue weighted by atomic mass is 16.7. The van der Waals surface area contributed by atoms with Crippen LogP contribution < -0.4 is 16.0 Å². The van der Waals surface area contributed by atoms with Gasteiger partial charge >= 0.3 is 0 Å². The van der Waals surface area contributed by atoms with Crippen molar-refractivity contribution in [2.75, 3.05) is 170 Å². The van der Waals surface area contributed by atoms with E-state index in [-0.39, 0.29) is 62.4 Å². The average Bonchev–Trinajstić information content (AvgIpc) is 3.52. The maximum atomic E-state index is 13.0. The van der Waals surface area contributed by atoms with Crippen LogP contribution in [-0.4, -0.2) is 215 Å². The molecule has 3 rings (SSSR count). The smallest absolute Gasteiger partial charge is 0.273 e. The number of anilines is 1. The summed E-state index contributed by atoms with van der Waals surface area (Å²) in [6.07, 6.45) is 5.87. The molecule has 0 fully saturated rings. The van der Waals surface area contributed by atoms with Gasteiger partial charge in [-0.2, -0.15) is 0 Å². The summed E-state index contributed by atoms with van der Waals surface area (Å²) in [6.45, 7) is 12.6. The first kappa shape index (κ1) is 56.5. The summed E-state index contributed by atoms with van der Waals surface area (Å²) >= 11 is 0. The van der Waals surface area contributed by atoms with Crippen molar-refractivity contribution >= 4 is 47.2 Å². The van der Waals surface area contributed by atoms with Crippen LogP contribution in [0.1, 0.15) is 42.7 Å². The van der Waals surface area contributed by atoms with Gasteiger partial charge in [0, 0.05) is 49.1 Å². The van der Waals surface area contributed by atoms with Crippen molar-refractivity contribution in [1.82, 2.24) is 25.6 Å². The zero-order chi connectivity index (χ0) is 48.2. The quantitative estimate of drug-likeness (QED) is 0.0441. The van der Waals surface area contributed by atoms with Gasteiger partial charge in [-0.1, -0.05) is 6.92 Å². The number of amides is 6. The van der Waals surface area contributed by atoms with Gasteiger partial charge in [0.1, 0.15) is 12.2 Å². The summed E-state index contributed by atoms with van der Waals surface area (Å²) in [4.78, 5) is 83.5. The fourth-order valence-electron chi connectivity index (χ4n) is 5.76. The Morgan fingerprint density at radius 3 is 1.51 bits per heavy atom. The van der Waals surface area contributed by atoms with Crippen molar-refractivity contribution in [1.29, 1.82) is 0 Å². The molecule has 2 aliphatic heterocycles. The van der Waals surface area contributed by atoms with E-state index in [1.54, 1.807) is 13.0 Å². The summed E-state index contributed by atoms with van der Waals surface area (Å²) < 4.78 is 54.7. The predicted octanol–water partition coefficient (Wildman–Crippen LogP) is -0.0657. The van der Waals surface area contributed by atoms with Crippen LogP contribution in [0.15, 0.2) is 30.0 Å². The van der Waals surface area contributed by atoms with Crippen molar-refractivity contribution in [2.24, 2.45) is 0 Å². The largest absolute Gasteiger partial charge is 0.377 e. The highest BCUT2D eigenvalue weighted by molar-refractivity contribution is 6.14. The fraction of sp³-hybridized carbons (Fsp3) is 0.659. The van der Waals surface area contributed by atoms with Crippen molar-refractivity contribution in [2.45, 2.75) is 26.7 Å². The first-order valence-corrected chi connectivity index (χ1v) is 22.5. The van der Waals surface area contributed by atoms with E-state index >= 15 is 0 Å². The molecule has 0 atom stereocenters. The Kier molecular flexibility index (Phi) is 30.6. The molecule has 3 N–H and O–H groups in total. The molecule has 23 nitrogen and oxygen atoms in total. The van der Waals surface area contributed by atoms with Gasteiger partial charge < -0.3 is 63.3 Å². The van der Waals surface area contributed by atoms with Crippen LogP contribution in [0.2, 0.25) is 0 Å². The fourth-order valence-corrected chi connectivity index (χ4v) is 5.76. The van der Waals surface area contributed by atoms with Gasteiger partial charge in [0.25, 0.3) is 23.6 Å². The molecule has 1 aromatic heterocycles. The van der Waals surface area contributed by atoms with Crippen LogP contribution in [-0.2, 0) is 76.2 Å². The second-order valence-electron chi connectivity index (χ2n) is 14.2. The number of carbonyl (C=O) groups excluding carboxylic acids is 6. The number of pyridine rings is 1. The highest BCUT2D eigenvalue weighted by Crippen LogP contribution is 2.25. The normalized spacial score (nSPS) is 13.4. The van der Waals surface area contributed by atoms with Crippen LogP contribution in [0.5, 0.6) is 0 Å². The molecule has 6 amide bonds. The number of carbonyl (C=O) groups is 6. The third-order valence-electron chi connectivity index (χ3n) is 8.99. The molecule has 67 heavy (non-hydrogen) atoms. The van der Waals surface area contributed by atoms with Gasteiger partial charge in [-0.15, -0.1) is 0 Å². The second kappa shape index (κ2) is 36.3. The maximum Gasteiger partial charge on any atom is 0.273 e. The van der Waals surface area contributed by atoms with Gasteiger partial charge in [-0.05, 0) is 25.5 Å². The van der Waals surface area contributed by atoms with E-state index in [1.165, 1.54) is 17.3 Å². The number of aromatic nitrogens is 1. The summed E-state index contributed by atoms with van der Waals surface area (Å²) in [5.41, 5.74) is 1.29. The highest BCUT2D eigenvalue weighted by Gasteiger charge is 2.26. The Balaban J connectivity index is 0.997. The summed E-state index contributed by atoms with van der Waals surface area (Å²) in [5, 5.41) is 9.34. The van der Waals surface area contributed by atoms with E-state index in [4.69, 9.17) is 52.2 Å². The van der Waals surface area contributed by atoms with E-state index in [1.807, 2.05) is 6.92 Å². The van der Waals surface area contributed by atoms with Gasteiger partial charge in [-0.3, -0.25) is 43.5 Å². The molecule has 3 heterocycles. The number of hydroxylamine groups is 2. The molecule has 2 aliphatic rings. The Hall–Kier alpha value is -4.79. The number of rotatable bonds is 41. The van der Waals surface area contributed by atoms with E-state index in [0.717, 1.165) is 17.1 Å². The minimum Gasteiger partial charge on any atom is -0.377 e. The molecule has 0 radical (unpaired) electrons. The standard InChI is InChI=1S/C44H68N6O17/c1-3-9-50(67-4-2)44(56)35-30-36-33-47-38(32-37(36)48-39(51)31-35)43(55)46-8-11-58-13-15-60-17-19-62-21-23-64-25-27-66-29-28-65-26-24-63-22-20-61-18-16-59-14-12-57-10-7-45-40(52)34-49-41(53)5-6-42(49)54/h5-6,30,32-33H,3-4,7-29,31,34H2,1-2H3,(H,45,52)(H,46,55)(H,48,51). The molecular weight excluding hydrogens is 885 g/mol. The molecule has 0 saturated heterocycles. The van der Waals surface area contributed by atoms with E-state index in [9.17, 15) is 28.8 Å². The van der Waals surface area contributed by atoms with Crippen LogP contribution in [0.25, 0.3) is 6.08 Å². The first-order chi connectivity index (χ1) is 32.7. The lowest BCUT2D eigenvalue weighted by atomic mass is 10.1. The van der Waals surface area contributed by atoms with Crippen molar-refractivity contribution in [3.63, 3.8) is 0 Å². The minimum absolute atomic E-state index is 0.115. The molecule has 23 heteroatoms. The zero-order valence-corrected chi connectivity index (χ0v) is 38.8. The Morgan fingerprint density at radius 1 is 0.642 bits per heavy atom. The van der Waals surface area contributed by atoms with Gasteiger partial charge in [0.05, 0.1) is 151 Å². The molecule has 0 spiro atoms. The molecule has 1 aromatic rings. The maximum absolute atomic E-state index is 13.0. The summed E-state index contributed by atoms with van der Waals surface area (Å²) in [5.74, 6) is -2.63. The van der Waals surface area contributed by atoms with Crippen molar-refractivity contribution < 1.29 is 81.0 Å². The molecule has 0 unspecified atom stereocenters. The Labute approximate surface area is 391 Å². The lowest BCUT2D eigenvalue weighted by Crippen LogP contribution is -2.41. The number of imide groups is 1. The summed E-state index contributed by atoms with van der Waals surface area (Å²) in [6, 6.07) is 1.48. The van der Waals surface area contributed by atoms with Crippen LogP contribution in [0.3, 0.4) is 0 Å². The average molecular weight is 953 g/mol. The number of hydrogen-bond donors (Lipinski definition) is 3. The molecular formula is C44H68N6O17. The third kappa shape index (κ3) is 25.2. The third-order valence-corrected chi connectivity index (χ3v) is 8.99. The van der Waals surface area contributed by atoms with Gasteiger partial charge in [0.2, 0.25) is 11.8 Å². The van der Waals surface area contributed by atoms with Gasteiger partial charge in [0.15, 0.2) is 0 Å². The lowest BCUT2D eigenvalue weighted by Gasteiger charge is -2.21. The van der Waals surface area contributed by atoms with Gasteiger partial charge in [-0.25, -0.2) is 5.06 Å². The predicted molar refractivity (Wildman–Crippen MR) is 238 cm³/mol. The molecule has 0 aliphatic carbocycles. The summed E-state index contributed by atoms with van der Waals surface area (Å²) in [7, 11) is 0. The van der Waals surface area contributed by atoms with Crippen LogP contribution >= 0.6 is 0 Å². The Morgan fingerprint density at radius 2 is 1.07 bits per heavy atom. The minimum atomic E-state index is -0.500. The number of fused-ring (bicyclic) bond motifs is 1. The second-order valence-corrected chi connectivity index (χ2v) is 14.2. The van der Waals surface area contributed by atoms with Crippen LogP contribution in [0, 0.1) is 0 Å². The molecule has 0 saturated carbocycles. The zero-order valence-electron chi connectivity index (χ0n) is 38.8. The van der Waals surface area contributed by atoms with Crippen molar-refractivity contribution in [3.8, 4) is 0 Å². The topological polar surface area (TPSA) is 259 Å². The first-order valence-electron chi connectivity index (χ1n) is 22.5. The molecule has 0 aromatic carbocycles. The number of nitrogens with one attached hydrogen (secondary N) is 3. The number of nitrogens with zero attached hydrogens (tertiary/aromatic N) is 3. The monoisotopic (exact) mass is 952 g/mol. The SMILES string of the molecule is CCCN(OCC)C(=O)C1=Cc2cnc(C(=O)NCCOCCOCCOCCOCCOCCOCCOCCOCCOCCOCCNC(=O)CN3C(=O)C=CC3=O)cc2NC(=O)C1. The van der Waals surface area contributed by atoms with E-state index in [2.05, 4.69) is 20.9 Å². The van der Waals surface area contributed by atoms with Crippen molar-refractivity contribution in [3.05, 3.63) is 41.2 Å². The van der Waals surface area contributed by atoms with Crippen LogP contribution in [0.4, 0.5) is 5.69 Å². The lowest BCUT2D eigenvalue weighted by molar-refractivity contribution is -0.180. The van der Waals surface area contributed by atoms with E-state index < -0.39 is 23.6 Å². The Bertz CT molecular complexity index is 1680.